The van der Waals surface area contributed by atoms with Crippen LogP contribution in [0.2, 0.25) is 0 Å². The van der Waals surface area contributed by atoms with E-state index in [1.165, 1.54) is 42.7 Å². The van der Waals surface area contributed by atoms with Crippen LogP contribution in [0.1, 0.15) is 51.8 Å². The van der Waals surface area contributed by atoms with E-state index in [4.69, 9.17) is 18.6 Å². The highest BCUT2D eigenvalue weighted by Gasteiger charge is 2.37. The van der Waals surface area contributed by atoms with Gasteiger partial charge in [0.05, 0.1) is 28.7 Å². The van der Waals surface area contributed by atoms with E-state index in [2.05, 4.69) is 0 Å². The van der Waals surface area contributed by atoms with E-state index in [9.17, 15) is 19.2 Å². The zero-order valence-electron chi connectivity index (χ0n) is 20.8. The number of hydrogen-bond donors (Lipinski definition) is 0. The van der Waals surface area contributed by atoms with Gasteiger partial charge >= 0.3 is 5.97 Å². The summed E-state index contributed by atoms with van der Waals surface area (Å²) in [5, 5.41) is 0.228. The second-order valence-electron chi connectivity index (χ2n) is 8.79. The third kappa shape index (κ3) is 4.39. The molecule has 1 aliphatic heterocycles. The van der Waals surface area contributed by atoms with Gasteiger partial charge < -0.3 is 18.6 Å². The van der Waals surface area contributed by atoms with Crippen molar-refractivity contribution in [3.05, 3.63) is 93.8 Å². The highest BCUT2D eigenvalue weighted by atomic mass is 16.5. The summed E-state index contributed by atoms with van der Waals surface area (Å²) in [5.41, 5.74) is 0.282. The fourth-order valence-electron chi connectivity index (χ4n) is 4.17. The van der Waals surface area contributed by atoms with Crippen LogP contribution in [0.5, 0.6) is 23.0 Å². The Bertz CT molecular complexity index is 1650. The summed E-state index contributed by atoms with van der Waals surface area (Å²) in [4.78, 5) is 52.1. The minimum atomic E-state index is -0.731. The van der Waals surface area contributed by atoms with Crippen LogP contribution >= 0.6 is 0 Å². The molecule has 0 spiro atoms. The van der Waals surface area contributed by atoms with Crippen molar-refractivity contribution in [3.63, 3.8) is 0 Å². The Hall–Kier alpha value is -4.92. The Balaban J connectivity index is 1.37. The number of carbonyl (C=O) groups excluding carboxylic acids is 3. The lowest BCUT2D eigenvalue weighted by Crippen LogP contribution is -2.35. The number of ether oxygens (including phenoxy) is 3. The van der Waals surface area contributed by atoms with Crippen LogP contribution in [0, 0.1) is 0 Å². The van der Waals surface area contributed by atoms with Gasteiger partial charge in [-0.25, -0.2) is 4.79 Å². The molecule has 0 radical (unpaired) electrons. The summed E-state index contributed by atoms with van der Waals surface area (Å²) in [6.07, 6.45) is 1.18. The first kappa shape index (κ1) is 24.8. The molecule has 38 heavy (non-hydrogen) atoms. The standard InChI is InChI=1S/C29H23NO8/c1-4-35-22-7-5-6-8-23(22)38-25-15-36-24-14-18(10-12-20(24)26(25)31)37-29(34)17-9-11-19-21(13-17)28(33)30(16(2)3)27(19)32/h5-16H,4H2,1-3H3. The Kier molecular flexibility index (Phi) is 6.42. The number of amides is 2. The summed E-state index contributed by atoms with van der Waals surface area (Å²) in [6.45, 7) is 5.76. The van der Waals surface area contributed by atoms with E-state index in [1.807, 2.05) is 6.92 Å². The lowest BCUT2D eigenvalue weighted by atomic mass is 10.1. The average Bonchev–Trinajstić information content (AvgIpc) is 3.16. The van der Waals surface area contributed by atoms with E-state index in [-0.39, 0.29) is 45.2 Å². The summed E-state index contributed by atoms with van der Waals surface area (Å²) >= 11 is 0. The first-order valence-electron chi connectivity index (χ1n) is 12.0. The summed E-state index contributed by atoms with van der Waals surface area (Å²) in [7, 11) is 0. The lowest BCUT2D eigenvalue weighted by Gasteiger charge is -2.17. The van der Waals surface area contributed by atoms with E-state index in [0.29, 0.717) is 18.1 Å². The molecule has 2 amide bonds. The molecule has 2 heterocycles. The minimum absolute atomic E-state index is 0.0257. The topological polar surface area (TPSA) is 112 Å². The number of rotatable bonds is 7. The van der Waals surface area contributed by atoms with Crippen molar-refractivity contribution in [1.82, 2.24) is 4.90 Å². The highest BCUT2D eigenvalue weighted by molar-refractivity contribution is 6.22. The quantitative estimate of drug-likeness (QED) is 0.188. The molecule has 1 aliphatic rings. The van der Waals surface area contributed by atoms with Crippen molar-refractivity contribution < 1.29 is 33.0 Å². The molecule has 0 saturated heterocycles. The fraction of sp³-hybridized carbons (Fsp3) is 0.172. The van der Waals surface area contributed by atoms with E-state index < -0.39 is 23.2 Å². The van der Waals surface area contributed by atoms with Crippen molar-refractivity contribution in [3.8, 4) is 23.0 Å². The second kappa shape index (κ2) is 9.85. The zero-order chi connectivity index (χ0) is 27.0. The summed E-state index contributed by atoms with van der Waals surface area (Å²) in [6, 6.07) is 15.2. The third-order valence-corrected chi connectivity index (χ3v) is 5.96. The molecule has 0 N–H and O–H groups in total. The van der Waals surface area contributed by atoms with E-state index in [0.717, 1.165) is 4.90 Å². The zero-order valence-corrected chi connectivity index (χ0v) is 20.8. The van der Waals surface area contributed by atoms with Crippen LogP contribution in [0.15, 0.2) is 76.1 Å². The molecule has 5 rings (SSSR count). The first-order valence-corrected chi connectivity index (χ1v) is 12.0. The number of carbonyl (C=O) groups is 3. The van der Waals surface area contributed by atoms with E-state index >= 15 is 0 Å². The van der Waals surface area contributed by atoms with Gasteiger partial charge in [0, 0.05) is 12.1 Å². The van der Waals surface area contributed by atoms with Crippen molar-refractivity contribution >= 4 is 28.8 Å². The number of nitrogens with zero attached hydrogens (tertiary/aromatic N) is 1. The van der Waals surface area contributed by atoms with Crippen LogP contribution in [0.4, 0.5) is 0 Å². The molecule has 0 atom stereocenters. The lowest BCUT2D eigenvalue weighted by molar-refractivity contribution is 0.0608. The van der Waals surface area contributed by atoms with Crippen LogP contribution in [-0.2, 0) is 0 Å². The fourth-order valence-corrected chi connectivity index (χ4v) is 4.17. The van der Waals surface area contributed by atoms with Crippen molar-refractivity contribution in [2.24, 2.45) is 0 Å². The molecule has 4 aromatic rings. The van der Waals surface area contributed by atoms with Crippen molar-refractivity contribution in [2.75, 3.05) is 6.61 Å². The van der Waals surface area contributed by atoms with Crippen LogP contribution in [0.25, 0.3) is 11.0 Å². The second-order valence-corrected chi connectivity index (χ2v) is 8.79. The van der Waals surface area contributed by atoms with Crippen LogP contribution in [-0.4, -0.2) is 35.3 Å². The number of fused-ring (bicyclic) bond motifs is 2. The van der Waals surface area contributed by atoms with Gasteiger partial charge in [-0.15, -0.1) is 0 Å². The molecule has 0 fully saturated rings. The smallest absolute Gasteiger partial charge is 0.343 e. The Morgan fingerprint density at radius 2 is 1.63 bits per heavy atom. The Morgan fingerprint density at radius 3 is 2.37 bits per heavy atom. The number of esters is 1. The van der Waals surface area contributed by atoms with Crippen molar-refractivity contribution in [2.45, 2.75) is 26.8 Å². The predicted molar refractivity (Wildman–Crippen MR) is 137 cm³/mol. The van der Waals surface area contributed by atoms with Gasteiger partial charge in [0.2, 0.25) is 11.2 Å². The maximum atomic E-state index is 13.0. The average molecular weight is 514 g/mol. The molecule has 0 aliphatic carbocycles. The molecule has 0 bridgehead atoms. The maximum Gasteiger partial charge on any atom is 0.343 e. The van der Waals surface area contributed by atoms with Crippen LogP contribution in [0.3, 0.4) is 0 Å². The van der Waals surface area contributed by atoms with Gasteiger partial charge in [0.25, 0.3) is 11.8 Å². The SMILES string of the molecule is CCOc1ccccc1Oc1coc2cc(OC(=O)c3ccc4c(c3)C(=O)N(C(C)C)C4=O)ccc2c1=O. The number of hydrogen-bond acceptors (Lipinski definition) is 8. The number of imide groups is 1. The molecule has 0 unspecified atom stereocenters. The monoisotopic (exact) mass is 513 g/mol. The van der Waals surface area contributed by atoms with Gasteiger partial charge in [-0.2, -0.15) is 0 Å². The highest BCUT2D eigenvalue weighted by Crippen LogP contribution is 2.31. The van der Waals surface area contributed by atoms with Crippen molar-refractivity contribution in [1.29, 1.82) is 0 Å². The summed E-state index contributed by atoms with van der Waals surface area (Å²) in [5.74, 6) is -0.609. The molecular formula is C29H23NO8. The van der Waals surface area contributed by atoms with Gasteiger partial charge in [0.1, 0.15) is 17.6 Å². The third-order valence-electron chi connectivity index (χ3n) is 5.96. The maximum absolute atomic E-state index is 13.0. The molecule has 192 valence electrons. The van der Waals surface area contributed by atoms with Crippen LogP contribution < -0.4 is 19.6 Å². The Morgan fingerprint density at radius 1 is 0.895 bits per heavy atom. The van der Waals surface area contributed by atoms with Gasteiger partial charge in [-0.3, -0.25) is 19.3 Å². The van der Waals surface area contributed by atoms with Gasteiger partial charge in [-0.1, -0.05) is 12.1 Å². The number of para-hydroxylation sites is 2. The first-order chi connectivity index (χ1) is 18.3. The molecule has 3 aromatic carbocycles. The Labute approximate surface area is 217 Å². The van der Waals surface area contributed by atoms with E-state index in [1.54, 1.807) is 38.1 Å². The molecule has 0 saturated carbocycles. The molecular weight excluding hydrogens is 490 g/mol. The predicted octanol–water partition coefficient (Wildman–Crippen LogP) is 5.21. The number of benzene rings is 3. The minimum Gasteiger partial charge on any atom is -0.490 e. The summed E-state index contributed by atoms with van der Waals surface area (Å²) < 4.78 is 22.3. The molecule has 9 heteroatoms. The van der Waals surface area contributed by atoms with Gasteiger partial charge in [-0.05, 0) is 63.2 Å². The largest absolute Gasteiger partial charge is 0.490 e. The normalized spacial score (nSPS) is 12.7. The van der Waals surface area contributed by atoms with Gasteiger partial charge in [0.15, 0.2) is 11.5 Å². The molecule has 9 nitrogen and oxygen atoms in total. The molecule has 1 aromatic heterocycles.